The van der Waals surface area contributed by atoms with Crippen LogP contribution in [0.3, 0.4) is 0 Å². The van der Waals surface area contributed by atoms with Crippen LogP contribution in [0, 0.1) is 0 Å². The molecule has 0 aliphatic rings. The van der Waals surface area contributed by atoms with Gasteiger partial charge in [-0.2, -0.15) is 4.98 Å². The number of aromatic hydroxyl groups is 1. The molecule has 1 atom stereocenters. The van der Waals surface area contributed by atoms with E-state index in [1.165, 1.54) is 0 Å². The monoisotopic (exact) mass is 220 g/mol. The van der Waals surface area contributed by atoms with Crippen LogP contribution in [0.15, 0.2) is 28.8 Å². The Morgan fingerprint density at radius 3 is 2.56 bits per heavy atom. The van der Waals surface area contributed by atoms with Crippen LogP contribution >= 0.6 is 0 Å². The first-order valence-corrected chi connectivity index (χ1v) is 4.93. The molecule has 84 valence electrons. The predicted molar refractivity (Wildman–Crippen MR) is 55.8 cm³/mol. The maximum absolute atomic E-state index is 9.22. The Balaban J connectivity index is 2.11. The maximum Gasteiger partial charge on any atom is 0.231 e. The van der Waals surface area contributed by atoms with Gasteiger partial charge in [0.2, 0.25) is 5.89 Å². The van der Waals surface area contributed by atoms with E-state index < -0.39 is 6.10 Å². The molecule has 1 aromatic carbocycles. The summed E-state index contributed by atoms with van der Waals surface area (Å²) in [6.07, 6.45) is -0.239. The van der Waals surface area contributed by atoms with E-state index in [1.54, 1.807) is 31.2 Å². The summed E-state index contributed by atoms with van der Waals surface area (Å²) in [7, 11) is 0. The van der Waals surface area contributed by atoms with E-state index in [0.717, 1.165) is 5.56 Å². The van der Waals surface area contributed by atoms with Crippen LogP contribution < -0.4 is 0 Å². The summed E-state index contributed by atoms with van der Waals surface area (Å²) < 4.78 is 4.98. The van der Waals surface area contributed by atoms with Crippen molar-refractivity contribution >= 4 is 0 Å². The Labute approximate surface area is 92.4 Å². The average Bonchev–Trinajstić information content (AvgIpc) is 2.70. The summed E-state index contributed by atoms with van der Waals surface area (Å²) >= 11 is 0. The first-order chi connectivity index (χ1) is 7.65. The number of rotatable bonds is 3. The molecule has 0 fully saturated rings. The highest BCUT2D eigenvalue weighted by Gasteiger charge is 2.10. The fourth-order valence-corrected chi connectivity index (χ4v) is 1.30. The molecule has 1 aromatic heterocycles. The zero-order valence-corrected chi connectivity index (χ0v) is 8.79. The van der Waals surface area contributed by atoms with Crippen molar-refractivity contribution in [1.29, 1.82) is 0 Å². The number of benzene rings is 1. The van der Waals surface area contributed by atoms with Crippen molar-refractivity contribution in [1.82, 2.24) is 10.1 Å². The molecule has 5 heteroatoms. The highest BCUT2D eigenvalue weighted by Crippen LogP contribution is 2.14. The van der Waals surface area contributed by atoms with E-state index in [2.05, 4.69) is 10.1 Å². The van der Waals surface area contributed by atoms with Gasteiger partial charge in [-0.05, 0) is 24.6 Å². The largest absolute Gasteiger partial charge is 0.508 e. The minimum absolute atomic E-state index is 0.221. The number of nitrogens with zero attached hydrogens (tertiary/aromatic N) is 2. The Hall–Kier alpha value is -1.88. The maximum atomic E-state index is 9.22. The van der Waals surface area contributed by atoms with Gasteiger partial charge in [0.15, 0.2) is 5.82 Å². The number of phenolic OH excluding ortho intramolecular Hbond substituents is 1. The molecule has 0 bridgehead atoms. The summed E-state index contributed by atoms with van der Waals surface area (Å²) in [6.45, 7) is 1.58. The zero-order valence-electron chi connectivity index (χ0n) is 8.79. The second kappa shape index (κ2) is 4.32. The van der Waals surface area contributed by atoms with Gasteiger partial charge in [-0.3, -0.25) is 0 Å². The molecular weight excluding hydrogens is 208 g/mol. The topological polar surface area (TPSA) is 79.4 Å². The lowest BCUT2D eigenvalue weighted by molar-refractivity contribution is 0.184. The third-order valence-corrected chi connectivity index (χ3v) is 2.15. The third-order valence-electron chi connectivity index (χ3n) is 2.15. The lowest BCUT2D eigenvalue weighted by Crippen LogP contribution is -1.94. The van der Waals surface area contributed by atoms with E-state index in [0.29, 0.717) is 12.3 Å². The molecular formula is C11H12N2O3. The van der Waals surface area contributed by atoms with Crippen molar-refractivity contribution < 1.29 is 14.7 Å². The summed E-state index contributed by atoms with van der Waals surface area (Å²) in [5.74, 6) is 0.953. The van der Waals surface area contributed by atoms with Crippen LogP contribution in [-0.2, 0) is 6.42 Å². The highest BCUT2D eigenvalue weighted by atomic mass is 16.5. The van der Waals surface area contributed by atoms with Gasteiger partial charge in [0.25, 0.3) is 0 Å². The molecule has 2 N–H and O–H groups in total. The Bertz CT molecular complexity index is 462. The molecule has 16 heavy (non-hydrogen) atoms. The lowest BCUT2D eigenvalue weighted by Gasteiger charge is -1.96. The van der Waals surface area contributed by atoms with Crippen molar-refractivity contribution in [3.05, 3.63) is 41.5 Å². The molecule has 0 spiro atoms. The molecule has 0 saturated carbocycles. The highest BCUT2D eigenvalue weighted by molar-refractivity contribution is 5.27. The molecule has 2 rings (SSSR count). The zero-order chi connectivity index (χ0) is 11.5. The first kappa shape index (κ1) is 10.6. The van der Waals surface area contributed by atoms with Crippen LogP contribution in [0.4, 0.5) is 0 Å². The molecule has 0 aliphatic carbocycles. The SMILES string of the molecule is CC(O)c1noc(Cc2ccc(O)cc2)n1. The second-order valence-corrected chi connectivity index (χ2v) is 3.57. The minimum Gasteiger partial charge on any atom is -0.508 e. The van der Waals surface area contributed by atoms with Crippen molar-refractivity contribution in [3.8, 4) is 5.75 Å². The average molecular weight is 220 g/mol. The van der Waals surface area contributed by atoms with Gasteiger partial charge in [0.1, 0.15) is 11.9 Å². The van der Waals surface area contributed by atoms with Crippen molar-refractivity contribution in [2.75, 3.05) is 0 Å². The molecule has 1 unspecified atom stereocenters. The Kier molecular flexibility index (Phi) is 2.87. The third kappa shape index (κ3) is 2.38. The van der Waals surface area contributed by atoms with Crippen LogP contribution in [0.1, 0.15) is 30.3 Å². The number of aliphatic hydroxyl groups is 1. The molecule has 2 aromatic rings. The number of hydrogen-bond acceptors (Lipinski definition) is 5. The lowest BCUT2D eigenvalue weighted by atomic mass is 10.1. The van der Waals surface area contributed by atoms with Crippen molar-refractivity contribution in [3.63, 3.8) is 0 Å². The normalized spacial score (nSPS) is 12.6. The van der Waals surface area contributed by atoms with Crippen LogP contribution in [0.2, 0.25) is 0 Å². The van der Waals surface area contributed by atoms with E-state index in [-0.39, 0.29) is 11.6 Å². The van der Waals surface area contributed by atoms with Crippen molar-refractivity contribution in [2.24, 2.45) is 0 Å². The molecule has 0 amide bonds. The van der Waals surface area contributed by atoms with Crippen LogP contribution in [0.5, 0.6) is 5.75 Å². The quantitative estimate of drug-likeness (QED) is 0.817. The number of aliphatic hydroxyl groups excluding tert-OH is 1. The number of phenols is 1. The summed E-state index contributed by atoms with van der Waals surface area (Å²) in [5.41, 5.74) is 0.957. The minimum atomic E-state index is -0.725. The first-order valence-electron chi connectivity index (χ1n) is 4.93. The van der Waals surface area contributed by atoms with Crippen LogP contribution in [0.25, 0.3) is 0 Å². The summed E-state index contributed by atoms with van der Waals surface area (Å²) in [6, 6.07) is 6.76. The van der Waals surface area contributed by atoms with Gasteiger partial charge in [-0.1, -0.05) is 17.3 Å². The summed E-state index contributed by atoms with van der Waals surface area (Å²) in [5, 5.41) is 22.0. The number of aromatic nitrogens is 2. The predicted octanol–water partition coefficient (Wildman–Crippen LogP) is 1.42. The van der Waals surface area contributed by atoms with Crippen molar-refractivity contribution in [2.45, 2.75) is 19.4 Å². The summed E-state index contributed by atoms with van der Waals surface area (Å²) in [4.78, 5) is 4.04. The van der Waals surface area contributed by atoms with Gasteiger partial charge >= 0.3 is 0 Å². The van der Waals surface area contributed by atoms with E-state index in [4.69, 9.17) is 9.63 Å². The number of hydrogen-bond donors (Lipinski definition) is 2. The Morgan fingerprint density at radius 1 is 1.31 bits per heavy atom. The fourth-order valence-electron chi connectivity index (χ4n) is 1.30. The molecule has 5 nitrogen and oxygen atoms in total. The smallest absolute Gasteiger partial charge is 0.231 e. The Morgan fingerprint density at radius 2 is 2.00 bits per heavy atom. The van der Waals surface area contributed by atoms with Gasteiger partial charge in [0.05, 0.1) is 6.42 Å². The van der Waals surface area contributed by atoms with E-state index in [1.807, 2.05) is 0 Å². The molecule has 0 saturated heterocycles. The molecule has 0 radical (unpaired) electrons. The molecule has 0 aliphatic heterocycles. The van der Waals surface area contributed by atoms with E-state index in [9.17, 15) is 5.11 Å². The van der Waals surface area contributed by atoms with E-state index >= 15 is 0 Å². The molecule has 1 heterocycles. The van der Waals surface area contributed by atoms with Crippen LogP contribution in [-0.4, -0.2) is 20.4 Å². The van der Waals surface area contributed by atoms with Gasteiger partial charge < -0.3 is 14.7 Å². The fraction of sp³-hybridized carbons (Fsp3) is 0.273. The second-order valence-electron chi connectivity index (χ2n) is 3.57. The standard InChI is InChI=1S/C11H12N2O3/c1-7(14)11-12-10(16-13-11)6-8-2-4-9(15)5-3-8/h2-5,7,14-15H,6H2,1H3. The van der Waals surface area contributed by atoms with Gasteiger partial charge in [-0.15, -0.1) is 0 Å². The van der Waals surface area contributed by atoms with Gasteiger partial charge in [-0.25, -0.2) is 0 Å². The van der Waals surface area contributed by atoms with Gasteiger partial charge in [0, 0.05) is 0 Å².